The molecule has 2 amide bonds. The number of nitrogens with one attached hydrogen (secondary N) is 2. The van der Waals surface area contributed by atoms with Crippen molar-refractivity contribution in [3.63, 3.8) is 0 Å². The van der Waals surface area contributed by atoms with Crippen LogP contribution in [0.4, 0.5) is 10.5 Å². The van der Waals surface area contributed by atoms with Crippen molar-refractivity contribution in [2.75, 3.05) is 18.4 Å². The zero-order chi connectivity index (χ0) is 17.6. The minimum absolute atomic E-state index is 0.220. The maximum absolute atomic E-state index is 12.6. The molecule has 1 spiro atoms. The van der Waals surface area contributed by atoms with Crippen LogP contribution in [0.3, 0.4) is 0 Å². The number of carbonyl (C=O) groups is 1. The standard InChI is InChI=1S/C16H18ClN5O3/c1-10-3-2-4-11(17)13(10)18-14(23)21-6-5-16(8-21)9-22-12(7-25-16)19-20-15(22)24/h2-4H,5-9H2,1H3,(H,18,23)(H,20,24). The van der Waals surface area contributed by atoms with E-state index in [4.69, 9.17) is 16.3 Å². The Balaban J connectivity index is 1.49. The number of rotatable bonds is 1. The molecule has 0 aliphatic carbocycles. The predicted molar refractivity (Wildman–Crippen MR) is 91.8 cm³/mol. The number of para-hydroxylation sites is 1. The van der Waals surface area contributed by atoms with Crippen molar-refractivity contribution in [3.05, 3.63) is 45.1 Å². The van der Waals surface area contributed by atoms with Crippen molar-refractivity contribution in [3.8, 4) is 0 Å². The topological polar surface area (TPSA) is 92.3 Å². The highest BCUT2D eigenvalue weighted by atomic mass is 35.5. The zero-order valence-electron chi connectivity index (χ0n) is 13.7. The van der Waals surface area contributed by atoms with Gasteiger partial charge in [0.15, 0.2) is 5.82 Å². The number of urea groups is 1. The Hall–Kier alpha value is -2.32. The number of ether oxygens (including phenoxy) is 1. The number of hydrogen-bond donors (Lipinski definition) is 2. The Labute approximate surface area is 148 Å². The monoisotopic (exact) mass is 363 g/mol. The second kappa shape index (κ2) is 5.89. The fraction of sp³-hybridized carbons (Fsp3) is 0.438. The van der Waals surface area contributed by atoms with Crippen molar-refractivity contribution < 1.29 is 9.53 Å². The maximum atomic E-state index is 12.6. The van der Waals surface area contributed by atoms with E-state index in [-0.39, 0.29) is 18.3 Å². The van der Waals surface area contributed by atoms with Crippen LogP contribution >= 0.6 is 11.6 Å². The molecule has 25 heavy (non-hydrogen) atoms. The average molecular weight is 364 g/mol. The first-order valence-corrected chi connectivity index (χ1v) is 8.44. The van der Waals surface area contributed by atoms with E-state index in [1.165, 1.54) is 0 Å². The molecule has 2 aliphatic heterocycles. The highest BCUT2D eigenvalue weighted by Crippen LogP contribution is 2.32. The summed E-state index contributed by atoms with van der Waals surface area (Å²) in [6.45, 7) is 3.52. The van der Waals surface area contributed by atoms with Gasteiger partial charge in [0.1, 0.15) is 12.2 Å². The number of hydrogen-bond acceptors (Lipinski definition) is 4. The number of aromatic nitrogens is 3. The van der Waals surface area contributed by atoms with Crippen molar-refractivity contribution >= 4 is 23.3 Å². The quantitative estimate of drug-likeness (QED) is 0.807. The lowest BCUT2D eigenvalue weighted by Crippen LogP contribution is -2.47. The predicted octanol–water partition coefficient (Wildman–Crippen LogP) is 1.74. The third-order valence-electron chi connectivity index (χ3n) is 4.85. The molecule has 2 aliphatic rings. The van der Waals surface area contributed by atoms with E-state index in [1.54, 1.807) is 15.5 Å². The minimum Gasteiger partial charge on any atom is -0.363 e. The molecule has 0 saturated carbocycles. The van der Waals surface area contributed by atoms with Gasteiger partial charge in [-0.15, -0.1) is 0 Å². The fourth-order valence-corrected chi connectivity index (χ4v) is 3.69. The van der Waals surface area contributed by atoms with Crippen LogP contribution in [0.25, 0.3) is 0 Å². The van der Waals surface area contributed by atoms with Crippen LogP contribution in [-0.4, -0.2) is 44.4 Å². The minimum atomic E-state index is -0.548. The highest BCUT2D eigenvalue weighted by molar-refractivity contribution is 6.33. The van der Waals surface area contributed by atoms with Crippen LogP contribution in [-0.2, 0) is 17.9 Å². The summed E-state index contributed by atoms with van der Waals surface area (Å²) in [5, 5.41) is 9.75. The van der Waals surface area contributed by atoms with Gasteiger partial charge >= 0.3 is 11.7 Å². The van der Waals surface area contributed by atoms with E-state index >= 15 is 0 Å². The first-order chi connectivity index (χ1) is 12.0. The molecule has 1 fully saturated rings. The molecule has 0 bridgehead atoms. The summed E-state index contributed by atoms with van der Waals surface area (Å²) >= 11 is 6.18. The SMILES string of the molecule is Cc1cccc(Cl)c1NC(=O)N1CCC2(C1)Cn1c(n[nH]c1=O)CO2. The number of fused-ring (bicyclic) bond motifs is 1. The number of benzene rings is 1. The van der Waals surface area contributed by atoms with Crippen molar-refractivity contribution in [1.29, 1.82) is 0 Å². The van der Waals surface area contributed by atoms with E-state index < -0.39 is 5.60 Å². The molecular formula is C16H18ClN5O3. The van der Waals surface area contributed by atoms with E-state index in [0.717, 1.165) is 5.56 Å². The number of aromatic amines is 1. The molecular weight excluding hydrogens is 346 g/mol. The lowest BCUT2D eigenvalue weighted by molar-refractivity contribution is -0.0810. The van der Waals surface area contributed by atoms with Crippen molar-refractivity contribution in [2.45, 2.75) is 32.1 Å². The van der Waals surface area contributed by atoms with Crippen LogP contribution in [0, 0.1) is 6.92 Å². The molecule has 8 nitrogen and oxygen atoms in total. The Morgan fingerprint density at radius 2 is 2.28 bits per heavy atom. The second-order valence-corrected chi connectivity index (χ2v) is 6.94. The van der Waals surface area contributed by atoms with Gasteiger partial charge in [-0.25, -0.2) is 14.7 Å². The molecule has 1 aromatic carbocycles. The Kier molecular flexibility index (Phi) is 3.81. The van der Waals surface area contributed by atoms with Gasteiger partial charge in [0, 0.05) is 6.54 Å². The van der Waals surface area contributed by atoms with Crippen molar-refractivity contribution in [2.24, 2.45) is 0 Å². The summed E-state index contributed by atoms with van der Waals surface area (Å²) in [6.07, 6.45) is 0.666. The van der Waals surface area contributed by atoms with Gasteiger partial charge < -0.3 is 15.0 Å². The molecule has 1 saturated heterocycles. The largest absolute Gasteiger partial charge is 0.363 e. The number of halogens is 1. The average Bonchev–Trinajstić information content (AvgIpc) is 3.16. The normalized spacial score (nSPS) is 22.2. The second-order valence-electron chi connectivity index (χ2n) is 6.54. The number of carbonyl (C=O) groups excluding carboxylic acids is 1. The van der Waals surface area contributed by atoms with Crippen LogP contribution in [0.5, 0.6) is 0 Å². The Bertz CT molecular complexity index is 872. The van der Waals surface area contributed by atoms with Gasteiger partial charge in [-0.2, -0.15) is 5.10 Å². The van der Waals surface area contributed by atoms with Crippen LogP contribution in [0.2, 0.25) is 5.02 Å². The molecule has 1 unspecified atom stereocenters. The van der Waals surface area contributed by atoms with Gasteiger partial charge in [0.2, 0.25) is 0 Å². The van der Waals surface area contributed by atoms with Gasteiger partial charge in [-0.3, -0.25) is 4.57 Å². The van der Waals surface area contributed by atoms with Crippen LogP contribution in [0.1, 0.15) is 17.8 Å². The number of amides is 2. The first kappa shape index (κ1) is 16.2. The molecule has 3 heterocycles. The van der Waals surface area contributed by atoms with E-state index in [9.17, 15) is 9.59 Å². The molecule has 2 N–H and O–H groups in total. The summed E-state index contributed by atoms with van der Waals surface area (Å²) in [4.78, 5) is 26.1. The lowest BCUT2D eigenvalue weighted by atomic mass is 10.0. The lowest BCUT2D eigenvalue weighted by Gasteiger charge is -2.33. The molecule has 1 aromatic heterocycles. The molecule has 9 heteroatoms. The first-order valence-electron chi connectivity index (χ1n) is 8.06. The zero-order valence-corrected chi connectivity index (χ0v) is 14.5. The summed E-state index contributed by atoms with van der Waals surface area (Å²) < 4.78 is 7.54. The molecule has 132 valence electrons. The number of likely N-dealkylation sites (tertiary alicyclic amines) is 1. The fourth-order valence-electron chi connectivity index (χ4n) is 3.42. The molecule has 2 aromatic rings. The molecule has 1 atom stereocenters. The van der Waals surface area contributed by atoms with Gasteiger partial charge in [-0.1, -0.05) is 23.7 Å². The van der Waals surface area contributed by atoms with Crippen molar-refractivity contribution in [1.82, 2.24) is 19.7 Å². The van der Waals surface area contributed by atoms with E-state index in [0.29, 0.717) is 42.6 Å². The molecule has 0 radical (unpaired) electrons. The number of H-pyrrole nitrogens is 1. The summed E-state index contributed by atoms with van der Waals surface area (Å²) in [6, 6.07) is 5.26. The van der Waals surface area contributed by atoms with E-state index in [2.05, 4.69) is 15.5 Å². The molecule has 4 rings (SSSR count). The summed E-state index contributed by atoms with van der Waals surface area (Å²) in [5.74, 6) is 0.588. The Morgan fingerprint density at radius 1 is 1.44 bits per heavy atom. The maximum Gasteiger partial charge on any atom is 0.343 e. The van der Waals surface area contributed by atoms with E-state index in [1.807, 2.05) is 19.1 Å². The van der Waals surface area contributed by atoms with Crippen LogP contribution < -0.4 is 11.0 Å². The van der Waals surface area contributed by atoms with Gasteiger partial charge in [0.05, 0.1) is 23.8 Å². The Morgan fingerprint density at radius 3 is 3.08 bits per heavy atom. The third kappa shape index (κ3) is 2.81. The van der Waals surface area contributed by atoms with Gasteiger partial charge in [-0.05, 0) is 25.0 Å². The number of anilines is 1. The third-order valence-corrected chi connectivity index (χ3v) is 5.16. The smallest absolute Gasteiger partial charge is 0.343 e. The van der Waals surface area contributed by atoms with Gasteiger partial charge in [0.25, 0.3) is 0 Å². The van der Waals surface area contributed by atoms with Crippen LogP contribution in [0.15, 0.2) is 23.0 Å². The summed E-state index contributed by atoms with van der Waals surface area (Å²) in [5.41, 5.74) is 0.728. The summed E-state index contributed by atoms with van der Waals surface area (Å²) in [7, 11) is 0. The highest BCUT2D eigenvalue weighted by Gasteiger charge is 2.44. The number of nitrogens with zero attached hydrogens (tertiary/aromatic N) is 3. The number of aryl methyl sites for hydroxylation is 1.